The quantitative estimate of drug-likeness (QED) is 0.465. The number of rotatable bonds is 4. The van der Waals surface area contributed by atoms with Gasteiger partial charge >= 0.3 is 5.09 Å². The smallest absolute Gasteiger partial charge is 0.223 e. The van der Waals surface area contributed by atoms with Crippen LogP contribution in [0.2, 0.25) is 0 Å². The van der Waals surface area contributed by atoms with Gasteiger partial charge in [-0.25, -0.2) is 5.84 Å². The standard InChI is InChI=1S/C9H13N3O3/c1-7(2)8-4-3-5-9(6-8)11(10)15-12(13)14/h3-7H,10H2,1-2H3. The van der Waals surface area contributed by atoms with Crippen molar-refractivity contribution in [1.29, 1.82) is 0 Å². The number of anilines is 1. The molecule has 0 aliphatic rings. The molecule has 0 spiro atoms. The normalized spacial score (nSPS) is 10.1. The van der Waals surface area contributed by atoms with E-state index >= 15 is 0 Å². The van der Waals surface area contributed by atoms with E-state index in [1.165, 1.54) is 0 Å². The van der Waals surface area contributed by atoms with E-state index < -0.39 is 5.09 Å². The molecule has 0 atom stereocenters. The Labute approximate surface area is 87.3 Å². The van der Waals surface area contributed by atoms with Gasteiger partial charge in [-0.15, -0.1) is 15.3 Å². The van der Waals surface area contributed by atoms with Crippen LogP contribution in [0.25, 0.3) is 0 Å². The third-order valence-electron chi connectivity index (χ3n) is 1.95. The van der Waals surface area contributed by atoms with Crippen LogP contribution in [0.1, 0.15) is 25.3 Å². The summed E-state index contributed by atoms with van der Waals surface area (Å²) in [6.07, 6.45) is 0. The molecule has 0 saturated carbocycles. The van der Waals surface area contributed by atoms with Gasteiger partial charge in [0.05, 0.1) is 5.69 Å². The highest BCUT2D eigenvalue weighted by Crippen LogP contribution is 2.20. The Morgan fingerprint density at radius 3 is 2.73 bits per heavy atom. The molecule has 1 rings (SSSR count). The summed E-state index contributed by atoms with van der Waals surface area (Å²) in [4.78, 5) is 14.2. The summed E-state index contributed by atoms with van der Waals surface area (Å²) < 4.78 is 0. The molecule has 0 aliphatic carbocycles. The molecule has 0 unspecified atom stereocenters. The highest BCUT2D eigenvalue weighted by molar-refractivity contribution is 5.45. The largest absolute Gasteiger partial charge is 0.318 e. The van der Waals surface area contributed by atoms with Gasteiger partial charge in [0.1, 0.15) is 0 Å². The first-order valence-corrected chi connectivity index (χ1v) is 4.48. The molecule has 1 aromatic rings. The van der Waals surface area contributed by atoms with Crippen LogP contribution >= 0.6 is 0 Å². The van der Waals surface area contributed by atoms with Gasteiger partial charge in [0.2, 0.25) is 0 Å². The zero-order valence-corrected chi connectivity index (χ0v) is 8.58. The molecular formula is C9H13N3O3. The molecule has 0 fully saturated rings. The Kier molecular flexibility index (Phi) is 3.46. The highest BCUT2D eigenvalue weighted by Gasteiger charge is 2.07. The topological polar surface area (TPSA) is 81.6 Å². The molecule has 0 aromatic heterocycles. The molecule has 0 radical (unpaired) electrons. The minimum absolute atomic E-state index is 0.328. The third kappa shape index (κ3) is 3.10. The first-order valence-electron chi connectivity index (χ1n) is 4.48. The van der Waals surface area contributed by atoms with E-state index in [-0.39, 0.29) is 0 Å². The molecule has 6 heteroatoms. The maximum atomic E-state index is 10.1. The minimum Gasteiger partial charge on any atom is -0.223 e. The number of hydrogen-bond acceptors (Lipinski definition) is 5. The zero-order valence-electron chi connectivity index (χ0n) is 8.58. The molecule has 0 amide bonds. The zero-order chi connectivity index (χ0) is 11.4. The number of nitrogens with zero attached hydrogens (tertiary/aromatic N) is 2. The van der Waals surface area contributed by atoms with Crippen LogP contribution in [0, 0.1) is 10.1 Å². The van der Waals surface area contributed by atoms with Gasteiger partial charge in [0, 0.05) is 0 Å². The van der Waals surface area contributed by atoms with Crippen LogP contribution in [-0.2, 0) is 4.94 Å². The van der Waals surface area contributed by atoms with Gasteiger partial charge in [-0.1, -0.05) is 26.0 Å². The lowest BCUT2D eigenvalue weighted by Gasteiger charge is -2.15. The van der Waals surface area contributed by atoms with Crippen molar-refractivity contribution in [2.24, 2.45) is 5.84 Å². The van der Waals surface area contributed by atoms with Crippen LogP contribution in [0.5, 0.6) is 0 Å². The predicted octanol–water partition coefficient (Wildman–Crippen LogP) is 1.61. The number of hydrogen-bond donors (Lipinski definition) is 1. The van der Waals surface area contributed by atoms with Crippen molar-refractivity contribution in [2.45, 2.75) is 19.8 Å². The summed E-state index contributed by atoms with van der Waals surface area (Å²) in [5.74, 6) is 5.66. The second-order valence-corrected chi connectivity index (χ2v) is 3.38. The summed E-state index contributed by atoms with van der Waals surface area (Å²) >= 11 is 0. The third-order valence-corrected chi connectivity index (χ3v) is 1.95. The molecule has 6 nitrogen and oxygen atoms in total. The molecule has 0 saturated heterocycles. The highest BCUT2D eigenvalue weighted by atomic mass is 17.0. The summed E-state index contributed by atoms with van der Waals surface area (Å²) in [5, 5.41) is 9.74. The fourth-order valence-electron chi connectivity index (χ4n) is 1.14. The molecular weight excluding hydrogens is 198 g/mol. The molecule has 1 aromatic carbocycles. The monoisotopic (exact) mass is 211 g/mol. The molecule has 15 heavy (non-hydrogen) atoms. The van der Waals surface area contributed by atoms with E-state index in [1.807, 2.05) is 19.9 Å². The van der Waals surface area contributed by atoms with Crippen molar-refractivity contribution < 1.29 is 10.0 Å². The van der Waals surface area contributed by atoms with Gasteiger partial charge in [-0.2, -0.15) is 4.94 Å². The molecule has 0 aliphatic heterocycles. The maximum absolute atomic E-state index is 10.1. The Morgan fingerprint density at radius 2 is 2.20 bits per heavy atom. The van der Waals surface area contributed by atoms with E-state index in [2.05, 4.69) is 4.94 Å². The van der Waals surface area contributed by atoms with E-state index in [4.69, 9.17) is 5.84 Å². The van der Waals surface area contributed by atoms with Crippen LogP contribution in [0.4, 0.5) is 5.69 Å². The van der Waals surface area contributed by atoms with Crippen molar-refractivity contribution in [3.8, 4) is 0 Å². The Balaban J connectivity index is 2.85. The van der Waals surface area contributed by atoms with Crippen molar-refractivity contribution in [3.05, 3.63) is 39.9 Å². The fourth-order valence-corrected chi connectivity index (χ4v) is 1.14. The SMILES string of the molecule is CC(C)c1cccc(N(N)O[N+](=O)[O-])c1. The summed E-state index contributed by atoms with van der Waals surface area (Å²) in [6, 6.07) is 7.07. The molecule has 0 bridgehead atoms. The lowest BCUT2D eigenvalue weighted by molar-refractivity contribution is -0.762. The Morgan fingerprint density at radius 1 is 1.53 bits per heavy atom. The molecule has 2 N–H and O–H groups in total. The van der Waals surface area contributed by atoms with Gasteiger partial charge in [-0.05, 0) is 23.6 Å². The lowest BCUT2D eigenvalue weighted by atomic mass is 10.0. The second-order valence-electron chi connectivity index (χ2n) is 3.38. The average molecular weight is 211 g/mol. The Bertz CT molecular complexity index is 354. The number of nitrogens with two attached hydrogens (primary N) is 1. The van der Waals surface area contributed by atoms with E-state index in [0.29, 0.717) is 16.8 Å². The first-order chi connectivity index (χ1) is 7.00. The molecule has 82 valence electrons. The van der Waals surface area contributed by atoms with Gasteiger partial charge in [0.15, 0.2) is 0 Å². The van der Waals surface area contributed by atoms with Gasteiger partial charge < -0.3 is 0 Å². The van der Waals surface area contributed by atoms with Crippen LogP contribution in [0.3, 0.4) is 0 Å². The van der Waals surface area contributed by atoms with Crippen molar-refractivity contribution in [1.82, 2.24) is 0 Å². The van der Waals surface area contributed by atoms with E-state index in [1.54, 1.807) is 18.2 Å². The predicted molar refractivity (Wildman–Crippen MR) is 55.3 cm³/mol. The van der Waals surface area contributed by atoms with E-state index in [0.717, 1.165) is 5.56 Å². The van der Waals surface area contributed by atoms with Crippen LogP contribution in [0.15, 0.2) is 24.3 Å². The van der Waals surface area contributed by atoms with Gasteiger partial charge in [-0.3, -0.25) is 0 Å². The summed E-state index contributed by atoms with van der Waals surface area (Å²) in [7, 11) is 0. The van der Waals surface area contributed by atoms with Crippen molar-refractivity contribution >= 4 is 5.69 Å². The second kappa shape index (κ2) is 4.61. The fraction of sp³-hybridized carbons (Fsp3) is 0.333. The van der Waals surface area contributed by atoms with Crippen LogP contribution in [-0.4, -0.2) is 5.09 Å². The summed E-state index contributed by atoms with van der Waals surface area (Å²) in [5.41, 5.74) is 1.48. The first kappa shape index (κ1) is 11.3. The number of hydrazine groups is 1. The Hall–Kier alpha value is -1.82. The van der Waals surface area contributed by atoms with Crippen LogP contribution < -0.4 is 11.0 Å². The minimum atomic E-state index is -0.956. The van der Waals surface area contributed by atoms with Crippen molar-refractivity contribution in [3.63, 3.8) is 0 Å². The average Bonchev–Trinajstić information content (AvgIpc) is 2.17. The summed E-state index contributed by atoms with van der Waals surface area (Å²) in [6.45, 7) is 4.04. The lowest BCUT2D eigenvalue weighted by Crippen LogP contribution is -2.33. The number of benzene rings is 1. The molecule has 0 heterocycles. The van der Waals surface area contributed by atoms with Crippen molar-refractivity contribution in [2.75, 3.05) is 5.17 Å². The maximum Gasteiger partial charge on any atom is 0.318 e. The van der Waals surface area contributed by atoms with E-state index in [9.17, 15) is 10.1 Å². The van der Waals surface area contributed by atoms with Gasteiger partial charge in [0.25, 0.3) is 0 Å².